The molecule has 0 aromatic heterocycles. The molecule has 26 heavy (non-hydrogen) atoms. The summed E-state index contributed by atoms with van der Waals surface area (Å²) in [4.78, 5) is 13.9. The van der Waals surface area contributed by atoms with Crippen LogP contribution in [0.4, 0.5) is 13.2 Å². The van der Waals surface area contributed by atoms with Gasteiger partial charge in [-0.2, -0.15) is 13.2 Å². The monoisotopic (exact) mass is 374 g/mol. The van der Waals surface area contributed by atoms with Gasteiger partial charge in [0, 0.05) is 13.6 Å². The second kappa shape index (κ2) is 8.26. The first-order chi connectivity index (χ1) is 12.1. The van der Waals surface area contributed by atoms with E-state index >= 15 is 0 Å². The minimum atomic E-state index is -4.40. The van der Waals surface area contributed by atoms with Gasteiger partial charge in [0.1, 0.15) is 18.5 Å². The molecule has 1 aromatic rings. The van der Waals surface area contributed by atoms with E-state index in [4.69, 9.17) is 10.5 Å². The number of nitrogens with zero attached hydrogens (tertiary/aromatic N) is 1. The van der Waals surface area contributed by atoms with Crippen LogP contribution in [0.1, 0.15) is 37.7 Å². The standard InChI is InChI=1S/C18H25F3N2O3/c1-23(16(25)17(22)9-3-2-4-10-17)11-14(24)12-26-15-7-5-13(6-8-15)18(19,20)21/h5-8,14,24H,2-4,9-12,22H2,1H3. The highest BCUT2D eigenvalue weighted by molar-refractivity contribution is 5.86. The Balaban J connectivity index is 1.82. The molecule has 8 heteroatoms. The molecule has 2 rings (SSSR count). The smallest absolute Gasteiger partial charge is 0.416 e. The van der Waals surface area contributed by atoms with Crippen molar-refractivity contribution in [2.75, 3.05) is 20.2 Å². The number of hydrogen-bond acceptors (Lipinski definition) is 4. The van der Waals surface area contributed by atoms with Crippen LogP contribution in [-0.2, 0) is 11.0 Å². The van der Waals surface area contributed by atoms with Gasteiger partial charge in [0.2, 0.25) is 5.91 Å². The van der Waals surface area contributed by atoms with E-state index in [0.29, 0.717) is 12.8 Å². The van der Waals surface area contributed by atoms with Crippen molar-refractivity contribution < 1.29 is 27.8 Å². The van der Waals surface area contributed by atoms with Crippen LogP contribution in [0, 0.1) is 0 Å². The van der Waals surface area contributed by atoms with Crippen LogP contribution in [0.2, 0.25) is 0 Å². The Bertz CT molecular complexity index is 599. The summed E-state index contributed by atoms with van der Waals surface area (Å²) in [5.41, 5.74) is 4.56. The SMILES string of the molecule is CN(CC(O)COc1ccc(C(F)(F)F)cc1)C(=O)C1(N)CCCCC1. The van der Waals surface area contributed by atoms with Crippen molar-refractivity contribution in [1.29, 1.82) is 0 Å². The summed E-state index contributed by atoms with van der Waals surface area (Å²) in [6.07, 6.45) is -1.22. The Morgan fingerprint density at radius 3 is 2.38 bits per heavy atom. The van der Waals surface area contributed by atoms with Crippen molar-refractivity contribution >= 4 is 5.91 Å². The molecule has 1 aromatic carbocycles. The highest BCUT2D eigenvalue weighted by Crippen LogP contribution is 2.30. The van der Waals surface area contributed by atoms with E-state index in [1.807, 2.05) is 0 Å². The van der Waals surface area contributed by atoms with E-state index in [2.05, 4.69) is 0 Å². The number of carbonyl (C=O) groups is 1. The van der Waals surface area contributed by atoms with Gasteiger partial charge in [0.25, 0.3) is 0 Å². The first-order valence-electron chi connectivity index (χ1n) is 8.64. The lowest BCUT2D eigenvalue weighted by molar-refractivity contribution is -0.138. The summed E-state index contributed by atoms with van der Waals surface area (Å²) in [6.45, 7) is -0.0982. The van der Waals surface area contributed by atoms with Crippen LogP contribution in [0.3, 0.4) is 0 Å². The average Bonchev–Trinajstić information content (AvgIpc) is 2.59. The van der Waals surface area contributed by atoms with Crippen LogP contribution in [0.15, 0.2) is 24.3 Å². The highest BCUT2D eigenvalue weighted by atomic mass is 19.4. The quantitative estimate of drug-likeness (QED) is 0.803. The number of amides is 1. The predicted molar refractivity (Wildman–Crippen MR) is 90.6 cm³/mol. The summed E-state index contributed by atoms with van der Waals surface area (Å²) >= 11 is 0. The van der Waals surface area contributed by atoms with E-state index in [0.717, 1.165) is 31.4 Å². The largest absolute Gasteiger partial charge is 0.491 e. The molecular weight excluding hydrogens is 349 g/mol. The number of rotatable bonds is 6. The second-order valence-electron chi connectivity index (χ2n) is 6.89. The highest BCUT2D eigenvalue weighted by Gasteiger charge is 2.37. The number of carbonyl (C=O) groups excluding carboxylic acids is 1. The van der Waals surface area contributed by atoms with Gasteiger partial charge in [0.15, 0.2) is 0 Å². The Hall–Kier alpha value is -1.80. The number of likely N-dealkylation sites (N-methyl/N-ethyl adjacent to an activating group) is 1. The van der Waals surface area contributed by atoms with Crippen LogP contribution < -0.4 is 10.5 Å². The third-order valence-corrected chi connectivity index (χ3v) is 4.63. The number of benzene rings is 1. The van der Waals surface area contributed by atoms with Crippen molar-refractivity contribution in [2.45, 2.75) is 49.9 Å². The molecule has 1 aliphatic carbocycles. The fraction of sp³-hybridized carbons (Fsp3) is 0.611. The molecule has 1 aliphatic rings. The summed E-state index contributed by atoms with van der Waals surface area (Å²) in [5.74, 6) is 0.0133. The van der Waals surface area contributed by atoms with E-state index in [1.54, 1.807) is 7.05 Å². The Labute approximate surface area is 150 Å². The van der Waals surface area contributed by atoms with Gasteiger partial charge < -0.3 is 20.5 Å². The van der Waals surface area contributed by atoms with Crippen LogP contribution >= 0.6 is 0 Å². The zero-order valence-corrected chi connectivity index (χ0v) is 14.8. The van der Waals surface area contributed by atoms with Crippen molar-refractivity contribution in [2.24, 2.45) is 5.73 Å². The Morgan fingerprint density at radius 1 is 1.27 bits per heavy atom. The van der Waals surface area contributed by atoms with E-state index in [1.165, 1.54) is 17.0 Å². The minimum Gasteiger partial charge on any atom is -0.491 e. The van der Waals surface area contributed by atoms with Gasteiger partial charge in [-0.05, 0) is 37.1 Å². The van der Waals surface area contributed by atoms with Gasteiger partial charge in [0.05, 0.1) is 11.1 Å². The fourth-order valence-electron chi connectivity index (χ4n) is 3.16. The Kier molecular flexibility index (Phi) is 6.52. The lowest BCUT2D eigenvalue weighted by atomic mass is 9.81. The molecule has 5 nitrogen and oxygen atoms in total. The zero-order valence-electron chi connectivity index (χ0n) is 14.8. The minimum absolute atomic E-state index is 0.0401. The molecule has 0 radical (unpaired) electrons. The molecule has 0 saturated heterocycles. The predicted octanol–water partition coefficient (Wildman–Crippen LogP) is 2.57. The van der Waals surface area contributed by atoms with Crippen molar-refractivity contribution in [3.63, 3.8) is 0 Å². The molecule has 1 amide bonds. The average molecular weight is 374 g/mol. The molecule has 0 spiro atoms. The maximum Gasteiger partial charge on any atom is 0.416 e. The second-order valence-corrected chi connectivity index (χ2v) is 6.89. The summed E-state index contributed by atoms with van der Waals surface area (Å²) < 4.78 is 42.8. The van der Waals surface area contributed by atoms with Crippen LogP contribution in [-0.4, -0.2) is 47.8 Å². The molecule has 3 N–H and O–H groups in total. The van der Waals surface area contributed by atoms with E-state index in [-0.39, 0.29) is 24.8 Å². The number of nitrogens with two attached hydrogens (primary N) is 1. The van der Waals surface area contributed by atoms with Crippen LogP contribution in [0.25, 0.3) is 0 Å². The third kappa shape index (κ3) is 5.35. The van der Waals surface area contributed by atoms with Gasteiger partial charge >= 0.3 is 6.18 Å². The molecule has 1 saturated carbocycles. The van der Waals surface area contributed by atoms with Gasteiger partial charge in [-0.25, -0.2) is 0 Å². The number of ether oxygens (including phenoxy) is 1. The third-order valence-electron chi connectivity index (χ3n) is 4.63. The van der Waals surface area contributed by atoms with Crippen molar-refractivity contribution in [1.82, 2.24) is 4.90 Å². The number of halogens is 3. The maximum atomic E-state index is 12.5. The molecule has 0 bridgehead atoms. The number of hydrogen-bond donors (Lipinski definition) is 2. The lowest BCUT2D eigenvalue weighted by Crippen LogP contribution is -2.56. The lowest BCUT2D eigenvalue weighted by Gasteiger charge is -2.36. The normalized spacial score (nSPS) is 18.2. The number of aliphatic hydroxyl groups excluding tert-OH is 1. The van der Waals surface area contributed by atoms with E-state index in [9.17, 15) is 23.1 Å². The van der Waals surface area contributed by atoms with Crippen molar-refractivity contribution in [3.05, 3.63) is 29.8 Å². The summed E-state index contributed by atoms with van der Waals surface area (Å²) in [6, 6.07) is 4.22. The first-order valence-corrected chi connectivity index (χ1v) is 8.64. The molecule has 1 atom stereocenters. The van der Waals surface area contributed by atoms with E-state index < -0.39 is 23.4 Å². The number of alkyl halides is 3. The number of aliphatic hydroxyl groups is 1. The molecular formula is C18H25F3N2O3. The fourth-order valence-corrected chi connectivity index (χ4v) is 3.16. The van der Waals surface area contributed by atoms with Crippen molar-refractivity contribution in [3.8, 4) is 5.75 Å². The zero-order chi connectivity index (χ0) is 19.4. The molecule has 0 aliphatic heterocycles. The van der Waals surface area contributed by atoms with Gasteiger partial charge in [-0.15, -0.1) is 0 Å². The Morgan fingerprint density at radius 2 is 1.85 bits per heavy atom. The maximum absolute atomic E-state index is 12.5. The molecule has 0 heterocycles. The summed E-state index contributed by atoms with van der Waals surface area (Å²) in [7, 11) is 1.58. The van der Waals surface area contributed by atoms with Gasteiger partial charge in [-0.1, -0.05) is 19.3 Å². The molecule has 146 valence electrons. The molecule has 1 unspecified atom stereocenters. The topological polar surface area (TPSA) is 75.8 Å². The first kappa shape index (κ1) is 20.5. The molecule has 1 fully saturated rings. The van der Waals surface area contributed by atoms with Crippen LogP contribution in [0.5, 0.6) is 5.75 Å². The van der Waals surface area contributed by atoms with Gasteiger partial charge in [-0.3, -0.25) is 4.79 Å². The summed E-state index contributed by atoms with van der Waals surface area (Å²) in [5, 5.41) is 10.1.